The van der Waals surface area contributed by atoms with E-state index in [0.717, 1.165) is 4.57 Å². The zero-order valence-corrected chi connectivity index (χ0v) is 15.7. The molecule has 4 rings (SSSR count). The lowest BCUT2D eigenvalue weighted by Gasteiger charge is -2.18. The van der Waals surface area contributed by atoms with Crippen LogP contribution in [0.4, 0.5) is 5.69 Å². The molecule has 2 fully saturated rings. The lowest BCUT2D eigenvalue weighted by atomic mass is 10.1. The number of fused-ring (bicyclic) bond motifs is 1. The summed E-state index contributed by atoms with van der Waals surface area (Å²) in [5, 5.41) is 9.09. The standard InChI is InChI=1S/C19H21N3O7/c1-26-13-8-27-17-14(9-28-16(13)17)29-11-4-2-10(3-5-11)18-21-6-12(20)19(25)22(18)7-15(23)24/h2-6,13-14,16-17H,7-9,20H2,1H3,(H,23,24)/t13-,14-,16-,17-/m1/s1. The minimum Gasteiger partial charge on any atom is -0.485 e. The van der Waals surface area contributed by atoms with Crippen molar-refractivity contribution in [3.05, 3.63) is 40.8 Å². The van der Waals surface area contributed by atoms with Crippen molar-refractivity contribution in [3.63, 3.8) is 0 Å². The number of nitrogens with zero attached hydrogens (tertiary/aromatic N) is 2. The fourth-order valence-electron chi connectivity index (χ4n) is 3.61. The smallest absolute Gasteiger partial charge is 0.323 e. The number of aromatic nitrogens is 2. The summed E-state index contributed by atoms with van der Waals surface area (Å²) in [6.07, 6.45) is 0.525. The van der Waals surface area contributed by atoms with Crippen molar-refractivity contribution >= 4 is 11.7 Å². The van der Waals surface area contributed by atoms with Crippen LogP contribution in [0.3, 0.4) is 0 Å². The highest BCUT2D eigenvalue weighted by Gasteiger charge is 2.49. The predicted molar refractivity (Wildman–Crippen MR) is 101 cm³/mol. The Morgan fingerprint density at radius 3 is 2.55 bits per heavy atom. The van der Waals surface area contributed by atoms with Crippen molar-refractivity contribution in [2.45, 2.75) is 31.0 Å². The molecule has 10 heteroatoms. The number of nitrogen functional groups attached to an aromatic ring is 1. The van der Waals surface area contributed by atoms with Gasteiger partial charge in [0.25, 0.3) is 5.56 Å². The first-order valence-electron chi connectivity index (χ1n) is 9.08. The van der Waals surface area contributed by atoms with E-state index in [4.69, 9.17) is 29.8 Å². The topological polar surface area (TPSA) is 135 Å². The van der Waals surface area contributed by atoms with Crippen LogP contribution in [-0.2, 0) is 25.5 Å². The van der Waals surface area contributed by atoms with Crippen LogP contribution in [0.1, 0.15) is 0 Å². The maximum absolute atomic E-state index is 12.2. The van der Waals surface area contributed by atoms with Crippen molar-refractivity contribution in [1.29, 1.82) is 0 Å². The van der Waals surface area contributed by atoms with Gasteiger partial charge in [0.15, 0.2) is 6.10 Å². The maximum atomic E-state index is 12.2. The highest BCUT2D eigenvalue weighted by atomic mass is 16.6. The minimum absolute atomic E-state index is 0.0986. The summed E-state index contributed by atoms with van der Waals surface area (Å²) in [7, 11) is 1.63. The number of hydrogen-bond donors (Lipinski definition) is 2. The van der Waals surface area contributed by atoms with E-state index in [9.17, 15) is 9.59 Å². The van der Waals surface area contributed by atoms with Crippen LogP contribution in [0, 0.1) is 0 Å². The Hall–Kier alpha value is -2.95. The quantitative estimate of drug-likeness (QED) is 0.690. The second-order valence-corrected chi connectivity index (χ2v) is 6.87. The van der Waals surface area contributed by atoms with Gasteiger partial charge in [-0.05, 0) is 24.3 Å². The molecule has 0 amide bonds. The van der Waals surface area contributed by atoms with E-state index in [1.807, 2.05) is 0 Å². The summed E-state index contributed by atoms with van der Waals surface area (Å²) in [6, 6.07) is 6.84. The van der Waals surface area contributed by atoms with Gasteiger partial charge < -0.3 is 29.8 Å². The van der Waals surface area contributed by atoms with Crippen LogP contribution >= 0.6 is 0 Å². The number of anilines is 1. The maximum Gasteiger partial charge on any atom is 0.323 e. The third-order valence-corrected chi connectivity index (χ3v) is 5.03. The molecule has 0 bridgehead atoms. The van der Waals surface area contributed by atoms with Gasteiger partial charge in [-0.15, -0.1) is 0 Å². The van der Waals surface area contributed by atoms with Crippen LogP contribution in [0.5, 0.6) is 5.75 Å². The van der Waals surface area contributed by atoms with E-state index in [0.29, 0.717) is 24.5 Å². The van der Waals surface area contributed by atoms with Gasteiger partial charge in [0.2, 0.25) is 0 Å². The molecule has 0 saturated carbocycles. The number of rotatable bonds is 6. The first kappa shape index (κ1) is 19.4. The zero-order valence-electron chi connectivity index (χ0n) is 15.7. The minimum atomic E-state index is -1.16. The van der Waals surface area contributed by atoms with Crippen molar-refractivity contribution in [2.24, 2.45) is 0 Å². The largest absolute Gasteiger partial charge is 0.485 e. The fourth-order valence-corrected chi connectivity index (χ4v) is 3.61. The number of methoxy groups -OCH3 is 1. The SMILES string of the molecule is CO[C@@H]1CO[C@H]2[C@@H]1OC[C@H]2Oc1ccc(-c2ncc(N)c(=O)n2CC(=O)O)cc1. The van der Waals surface area contributed by atoms with Gasteiger partial charge in [0.05, 0.1) is 19.4 Å². The van der Waals surface area contributed by atoms with E-state index in [1.165, 1.54) is 6.20 Å². The third kappa shape index (κ3) is 3.69. The summed E-state index contributed by atoms with van der Waals surface area (Å²) in [4.78, 5) is 27.5. The Balaban J connectivity index is 1.53. The normalized spacial score (nSPS) is 25.7. The van der Waals surface area contributed by atoms with E-state index in [-0.39, 0.29) is 35.9 Å². The molecule has 4 atom stereocenters. The van der Waals surface area contributed by atoms with Crippen molar-refractivity contribution in [3.8, 4) is 17.1 Å². The molecule has 3 heterocycles. The van der Waals surface area contributed by atoms with Gasteiger partial charge in [-0.2, -0.15) is 0 Å². The summed E-state index contributed by atoms with van der Waals surface area (Å²) < 4.78 is 23.9. The average Bonchev–Trinajstić information content (AvgIpc) is 3.29. The van der Waals surface area contributed by atoms with Crippen LogP contribution in [-0.4, -0.2) is 65.4 Å². The average molecular weight is 403 g/mol. The van der Waals surface area contributed by atoms with Crippen molar-refractivity contribution < 1.29 is 28.8 Å². The Morgan fingerprint density at radius 1 is 1.24 bits per heavy atom. The third-order valence-electron chi connectivity index (χ3n) is 5.03. The van der Waals surface area contributed by atoms with Gasteiger partial charge in [-0.3, -0.25) is 14.2 Å². The zero-order chi connectivity index (χ0) is 20.5. The number of carboxylic acids is 1. The van der Waals surface area contributed by atoms with Gasteiger partial charge in [-0.25, -0.2) is 4.98 Å². The number of nitrogens with two attached hydrogens (primary N) is 1. The lowest BCUT2D eigenvalue weighted by Crippen LogP contribution is -2.35. The van der Waals surface area contributed by atoms with Gasteiger partial charge in [0.1, 0.15) is 42.1 Å². The monoisotopic (exact) mass is 403 g/mol. The summed E-state index contributed by atoms with van der Waals surface area (Å²) in [6.45, 7) is 0.327. The molecule has 3 N–H and O–H groups in total. The summed E-state index contributed by atoms with van der Waals surface area (Å²) >= 11 is 0. The van der Waals surface area contributed by atoms with Gasteiger partial charge in [0, 0.05) is 12.7 Å². The molecule has 29 heavy (non-hydrogen) atoms. The van der Waals surface area contributed by atoms with Crippen molar-refractivity contribution in [1.82, 2.24) is 9.55 Å². The molecule has 1 aromatic carbocycles. The van der Waals surface area contributed by atoms with Gasteiger partial charge in [-0.1, -0.05) is 0 Å². The highest BCUT2D eigenvalue weighted by molar-refractivity contribution is 5.68. The Kier molecular flexibility index (Phi) is 5.22. The molecule has 2 aliphatic heterocycles. The highest BCUT2D eigenvalue weighted by Crippen LogP contribution is 2.31. The molecule has 0 unspecified atom stereocenters. The molecule has 2 aromatic rings. The van der Waals surface area contributed by atoms with E-state index in [2.05, 4.69) is 4.98 Å². The molecule has 0 spiro atoms. The van der Waals surface area contributed by atoms with E-state index >= 15 is 0 Å². The first-order chi connectivity index (χ1) is 14.0. The number of carbonyl (C=O) groups is 1. The Bertz CT molecular complexity index is 959. The Morgan fingerprint density at radius 2 is 1.90 bits per heavy atom. The lowest BCUT2D eigenvalue weighted by molar-refractivity contribution is -0.137. The molecule has 1 aromatic heterocycles. The fraction of sp³-hybridized carbons (Fsp3) is 0.421. The number of carboxylic acid groups (broad SMARTS) is 1. The molecule has 2 saturated heterocycles. The number of aliphatic carboxylic acids is 1. The van der Waals surface area contributed by atoms with Crippen molar-refractivity contribution in [2.75, 3.05) is 26.1 Å². The van der Waals surface area contributed by atoms with Crippen LogP contribution in [0.2, 0.25) is 0 Å². The first-order valence-corrected chi connectivity index (χ1v) is 9.08. The molecular formula is C19H21N3O7. The molecule has 0 radical (unpaired) electrons. The molecule has 154 valence electrons. The van der Waals surface area contributed by atoms with Crippen LogP contribution in [0.15, 0.2) is 35.3 Å². The van der Waals surface area contributed by atoms with E-state index in [1.54, 1.807) is 31.4 Å². The van der Waals surface area contributed by atoms with Crippen LogP contribution in [0.25, 0.3) is 11.4 Å². The number of hydrogen-bond acceptors (Lipinski definition) is 8. The van der Waals surface area contributed by atoms with E-state index < -0.39 is 18.1 Å². The number of benzene rings is 1. The molecule has 10 nitrogen and oxygen atoms in total. The van der Waals surface area contributed by atoms with Crippen LogP contribution < -0.4 is 16.0 Å². The second kappa shape index (κ2) is 7.82. The molecular weight excluding hydrogens is 382 g/mol. The summed E-state index contributed by atoms with van der Waals surface area (Å²) in [5.74, 6) is -0.359. The molecule has 2 aliphatic rings. The molecule has 0 aliphatic carbocycles. The second-order valence-electron chi connectivity index (χ2n) is 6.87. The predicted octanol–water partition coefficient (Wildman–Crippen LogP) is 0.137. The Labute approximate surface area is 165 Å². The summed E-state index contributed by atoms with van der Waals surface area (Å²) in [5.41, 5.74) is 5.43. The van der Waals surface area contributed by atoms with Gasteiger partial charge >= 0.3 is 5.97 Å². The number of ether oxygens (including phenoxy) is 4.